The molecule has 0 bridgehead atoms. The van der Waals surface area contributed by atoms with Crippen molar-refractivity contribution in [2.24, 2.45) is 5.92 Å². The van der Waals surface area contributed by atoms with E-state index in [0.717, 1.165) is 25.7 Å². The van der Waals surface area contributed by atoms with Gasteiger partial charge in [-0.3, -0.25) is 9.59 Å². The number of carbonyl (C=O) groups excluding carboxylic acids is 3. The molecule has 1 atom stereocenters. The van der Waals surface area contributed by atoms with Gasteiger partial charge in [0.2, 0.25) is 0 Å². The Morgan fingerprint density at radius 2 is 1.73 bits per heavy atom. The normalized spacial score (nSPS) is 13.3. The monoisotopic (exact) mass is 453 g/mol. The van der Waals surface area contributed by atoms with Gasteiger partial charge >= 0.3 is 5.97 Å². The number of benzene rings is 2. The largest absolute Gasteiger partial charge is 0.507 e. The standard InChI is InChI=1S/C26H31NO6/c1-4-7-8-15(6-3)14-27-19-13-20(28)21-22(25(19)31)24(30)18-12-16(26(32)33-11-5-2)9-10-17(18)23(21)29/h9-10,12-13,15,27-28,31H,4-8,11,14H2,1-3H3. The molecule has 7 heteroatoms. The van der Waals surface area contributed by atoms with Gasteiger partial charge in [0, 0.05) is 23.7 Å². The molecule has 33 heavy (non-hydrogen) atoms. The Bertz CT molecular complexity index is 1070. The average Bonchev–Trinajstić information content (AvgIpc) is 2.82. The lowest BCUT2D eigenvalue weighted by molar-refractivity contribution is 0.0504. The second kappa shape index (κ2) is 10.5. The van der Waals surface area contributed by atoms with Gasteiger partial charge < -0.3 is 20.3 Å². The predicted molar refractivity (Wildman–Crippen MR) is 125 cm³/mol. The minimum atomic E-state index is -0.626. The number of hydrogen-bond donors (Lipinski definition) is 3. The zero-order chi connectivity index (χ0) is 24.1. The first kappa shape index (κ1) is 24.3. The molecule has 2 aromatic carbocycles. The van der Waals surface area contributed by atoms with E-state index < -0.39 is 17.5 Å². The van der Waals surface area contributed by atoms with Crippen LogP contribution in [0.5, 0.6) is 11.5 Å². The topological polar surface area (TPSA) is 113 Å². The lowest BCUT2D eigenvalue weighted by atomic mass is 9.82. The van der Waals surface area contributed by atoms with Crippen LogP contribution in [0.25, 0.3) is 0 Å². The van der Waals surface area contributed by atoms with E-state index in [1.807, 2.05) is 6.92 Å². The molecule has 0 amide bonds. The first-order valence-electron chi connectivity index (χ1n) is 11.6. The molecule has 0 saturated heterocycles. The second-order valence-electron chi connectivity index (χ2n) is 8.39. The van der Waals surface area contributed by atoms with Crippen LogP contribution in [0.4, 0.5) is 5.69 Å². The molecule has 0 aliphatic heterocycles. The number of unbranched alkanes of at least 4 members (excludes halogenated alkanes) is 1. The zero-order valence-electron chi connectivity index (χ0n) is 19.4. The summed E-state index contributed by atoms with van der Waals surface area (Å²) in [5.74, 6) is -2.18. The number of anilines is 1. The number of phenolic OH excluding ortho intramolecular Hbond substituents is 2. The van der Waals surface area contributed by atoms with Crippen LogP contribution in [0.1, 0.15) is 95.1 Å². The fraction of sp³-hybridized carbons (Fsp3) is 0.423. The van der Waals surface area contributed by atoms with E-state index in [4.69, 9.17) is 4.74 Å². The van der Waals surface area contributed by atoms with Gasteiger partial charge in [-0.05, 0) is 37.0 Å². The second-order valence-corrected chi connectivity index (χ2v) is 8.39. The lowest BCUT2D eigenvalue weighted by Gasteiger charge is -2.23. The SMILES string of the molecule is CCCCC(CC)CNc1cc(O)c2c(c1O)C(=O)c1cc(C(=O)OCCC)ccc1C2=O. The Morgan fingerprint density at radius 3 is 2.39 bits per heavy atom. The Hall–Kier alpha value is -3.35. The Kier molecular flexibility index (Phi) is 7.74. The van der Waals surface area contributed by atoms with Crippen molar-refractivity contribution in [3.63, 3.8) is 0 Å². The van der Waals surface area contributed by atoms with Crippen LogP contribution in [0.3, 0.4) is 0 Å². The van der Waals surface area contributed by atoms with Gasteiger partial charge in [0.1, 0.15) is 5.75 Å². The third-order valence-corrected chi connectivity index (χ3v) is 6.04. The van der Waals surface area contributed by atoms with Crippen molar-refractivity contribution in [1.29, 1.82) is 0 Å². The molecular weight excluding hydrogens is 422 g/mol. The fourth-order valence-electron chi connectivity index (χ4n) is 4.05. The van der Waals surface area contributed by atoms with Gasteiger partial charge in [0.05, 0.1) is 29.0 Å². The number of nitrogens with one attached hydrogen (secondary N) is 1. The van der Waals surface area contributed by atoms with Crippen LogP contribution < -0.4 is 5.32 Å². The summed E-state index contributed by atoms with van der Waals surface area (Å²) < 4.78 is 5.12. The number of ketones is 2. The molecule has 3 rings (SSSR count). The van der Waals surface area contributed by atoms with Crippen molar-refractivity contribution >= 4 is 23.2 Å². The molecular formula is C26H31NO6. The van der Waals surface area contributed by atoms with Gasteiger partial charge in [-0.2, -0.15) is 0 Å². The predicted octanol–water partition coefficient (Wildman–Crippen LogP) is 5.07. The highest BCUT2D eigenvalue weighted by Gasteiger charge is 2.36. The maximum Gasteiger partial charge on any atom is 0.338 e. The summed E-state index contributed by atoms with van der Waals surface area (Å²) in [4.78, 5) is 38.6. The third kappa shape index (κ3) is 4.87. The molecule has 7 nitrogen and oxygen atoms in total. The van der Waals surface area contributed by atoms with Crippen LogP contribution in [-0.4, -0.2) is 40.9 Å². The van der Waals surface area contributed by atoms with Gasteiger partial charge in [-0.15, -0.1) is 0 Å². The molecule has 0 aromatic heterocycles. The molecule has 1 aliphatic rings. The number of aromatic hydroxyl groups is 2. The fourth-order valence-corrected chi connectivity index (χ4v) is 4.05. The van der Waals surface area contributed by atoms with Gasteiger partial charge in [0.25, 0.3) is 0 Å². The molecule has 0 fully saturated rings. The highest BCUT2D eigenvalue weighted by molar-refractivity contribution is 6.31. The quantitative estimate of drug-likeness (QED) is 0.223. The molecule has 176 valence electrons. The summed E-state index contributed by atoms with van der Waals surface area (Å²) in [6.45, 7) is 6.89. The zero-order valence-corrected chi connectivity index (χ0v) is 19.4. The molecule has 0 saturated carbocycles. The summed E-state index contributed by atoms with van der Waals surface area (Å²) in [5, 5.41) is 24.6. The maximum absolute atomic E-state index is 13.3. The summed E-state index contributed by atoms with van der Waals surface area (Å²) in [7, 11) is 0. The third-order valence-electron chi connectivity index (χ3n) is 6.04. The molecule has 0 heterocycles. The summed E-state index contributed by atoms with van der Waals surface area (Å²) in [5.41, 5.74) is -0.0679. The highest BCUT2D eigenvalue weighted by atomic mass is 16.5. The first-order valence-corrected chi connectivity index (χ1v) is 11.6. The number of ether oxygens (including phenoxy) is 1. The van der Waals surface area contributed by atoms with Gasteiger partial charge in [-0.25, -0.2) is 4.79 Å². The molecule has 0 spiro atoms. The number of carbonyl (C=O) groups is 3. The number of phenols is 2. The molecule has 1 aliphatic carbocycles. The van der Waals surface area contributed by atoms with E-state index in [2.05, 4.69) is 19.2 Å². The van der Waals surface area contributed by atoms with Crippen molar-refractivity contribution in [3.8, 4) is 11.5 Å². The molecule has 1 unspecified atom stereocenters. The maximum atomic E-state index is 13.3. The van der Waals surface area contributed by atoms with Crippen LogP contribution in [0.15, 0.2) is 24.3 Å². The van der Waals surface area contributed by atoms with Crippen molar-refractivity contribution < 1.29 is 29.3 Å². The molecule has 0 radical (unpaired) electrons. The van der Waals surface area contributed by atoms with E-state index in [0.29, 0.717) is 18.9 Å². The molecule has 3 N–H and O–H groups in total. The Labute approximate surface area is 193 Å². The minimum absolute atomic E-state index is 0.000297. The van der Waals surface area contributed by atoms with E-state index in [1.165, 1.54) is 24.3 Å². The van der Waals surface area contributed by atoms with Crippen LogP contribution in [-0.2, 0) is 4.74 Å². The van der Waals surface area contributed by atoms with Gasteiger partial charge in [0.15, 0.2) is 17.3 Å². The van der Waals surface area contributed by atoms with Crippen LogP contribution >= 0.6 is 0 Å². The van der Waals surface area contributed by atoms with Crippen molar-refractivity contribution in [2.45, 2.75) is 52.9 Å². The summed E-state index contributed by atoms with van der Waals surface area (Å²) in [6.07, 6.45) is 4.81. The first-order chi connectivity index (χ1) is 15.8. The smallest absolute Gasteiger partial charge is 0.338 e. The van der Waals surface area contributed by atoms with E-state index in [9.17, 15) is 24.6 Å². The number of hydrogen-bond acceptors (Lipinski definition) is 7. The van der Waals surface area contributed by atoms with E-state index in [-0.39, 0.29) is 51.6 Å². The van der Waals surface area contributed by atoms with Crippen molar-refractivity contribution in [2.75, 3.05) is 18.5 Å². The summed E-state index contributed by atoms with van der Waals surface area (Å²) >= 11 is 0. The van der Waals surface area contributed by atoms with Crippen molar-refractivity contribution in [1.82, 2.24) is 0 Å². The minimum Gasteiger partial charge on any atom is -0.507 e. The number of fused-ring (bicyclic) bond motifs is 2. The Balaban J connectivity index is 1.96. The van der Waals surface area contributed by atoms with Crippen LogP contribution in [0, 0.1) is 5.92 Å². The van der Waals surface area contributed by atoms with Crippen LogP contribution in [0.2, 0.25) is 0 Å². The number of esters is 1. The summed E-state index contributed by atoms with van der Waals surface area (Å²) in [6, 6.07) is 5.39. The highest BCUT2D eigenvalue weighted by Crippen LogP contribution is 2.42. The number of rotatable bonds is 10. The van der Waals surface area contributed by atoms with E-state index >= 15 is 0 Å². The van der Waals surface area contributed by atoms with Gasteiger partial charge in [-0.1, -0.05) is 40.0 Å². The molecule has 2 aromatic rings. The average molecular weight is 454 g/mol. The van der Waals surface area contributed by atoms with E-state index in [1.54, 1.807) is 0 Å². The Morgan fingerprint density at radius 1 is 1.00 bits per heavy atom. The van der Waals surface area contributed by atoms with Crippen molar-refractivity contribution in [3.05, 3.63) is 52.1 Å². The lowest BCUT2D eigenvalue weighted by Crippen LogP contribution is -2.23.